The van der Waals surface area contributed by atoms with Crippen LogP contribution in [-0.4, -0.2) is 66.1 Å². The SMILES string of the molecule is CC[Si](CC)(CC)O[C@@H](CN(CCOc1ccc2c(C(C)C)nn(C(=O)OC(C)(C)C)c2c1)C(=O)OC(C)(C)C)c1cccc(N)c1. The van der Waals surface area contributed by atoms with E-state index < -0.39 is 31.7 Å². The van der Waals surface area contributed by atoms with Gasteiger partial charge >= 0.3 is 12.2 Å². The van der Waals surface area contributed by atoms with E-state index in [1.165, 1.54) is 4.68 Å². The highest BCUT2D eigenvalue weighted by molar-refractivity contribution is 6.73. The fraction of sp³-hybridized carbons (Fsp3) is 0.583. The molecule has 0 bridgehead atoms. The van der Waals surface area contributed by atoms with Gasteiger partial charge in [-0.2, -0.15) is 9.78 Å². The molecule has 0 radical (unpaired) electrons. The predicted molar refractivity (Wildman–Crippen MR) is 191 cm³/mol. The van der Waals surface area contributed by atoms with Crippen LogP contribution in [0.3, 0.4) is 0 Å². The number of benzene rings is 2. The lowest BCUT2D eigenvalue weighted by atomic mass is 10.1. The monoisotopic (exact) mass is 668 g/mol. The van der Waals surface area contributed by atoms with Gasteiger partial charge in [0.25, 0.3) is 0 Å². The summed E-state index contributed by atoms with van der Waals surface area (Å²) in [5.74, 6) is 0.639. The molecule has 0 saturated carbocycles. The fourth-order valence-corrected chi connectivity index (χ4v) is 8.22. The number of rotatable bonds is 13. The molecular weight excluding hydrogens is 613 g/mol. The molecule has 3 rings (SSSR count). The molecule has 0 spiro atoms. The Kier molecular flexibility index (Phi) is 12.5. The zero-order valence-electron chi connectivity index (χ0n) is 30.3. The van der Waals surface area contributed by atoms with Gasteiger partial charge in [-0.3, -0.25) is 0 Å². The summed E-state index contributed by atoms with van der Waals surface area (Å²) in [6.45, 7) is 22.3. The van der Waals surface area contributed by atoms with E-state index in [1.807, 2.05) is 91.8 Å². The number of aromatic nitrogens is 2. The normalized spacial score (nSPS) is 13.1. The minimum atomic E-state index is -2.07. The summed E-state index contributed by atoms with van der Waals surface area (Å²) in [7, 11) is -2.07. The van der Waals surface area contributed by atoms with Gasteiger partial charge in [0.15, 0.2) is 8.32 Å². The molecule has 0 saturated heterocycles. The average Bonchev–Trinajstić information content (AvgIpc) is 3.36. The van der Waals surface area contributed by atoms with Crippen molar-refractivity contribution >= 4 is 37.1 Å². The number of carbonyl (C=O) groups excluding carboxylic acids is 2. The molecule has 2 aromatic carbocycles. The second-order valence-corrected chi connectivity index (χ2v) is 19.1. The standard InChI is InChI=1S/C36H56N4O6Si/c1-12-47(13-2,14-3)46-31(26-16-15-17-27(37)22-26)24-39(33(41)44-35(6,7)8)20-21-43-28-18-19-29-30(23-28)40(38-32(29)25(4)5)34(42)45-36(9,10)11/h15-19,22-23,25,31H,12-14,20-21,24,37H2,1-11H3/t31-/m0/s1. The lowest BCUT2D eigenvalue weighted by Crippen LogP contribution is -2.45. The Morgan fingerprint density at radius 1 is 0.936 bits per heavy atom. The Balaban J connectivity index is 1.91. The van der Waals surface area contributed by atoms with E-state index in [2.05, 4.69) is 25.9 Å². The maximum Gasteiger partial charge on any atom is 0.435 e. The molecule has 47 heavy (non-hydrogen) atoms. The molecule has 1 atom stereocenters. The van der Waals surface area contributed by atoms with Crippen LogP contribution in [0.1, 0.15) is 99.4 Å². The van der Waals surface area contributed by atoms with Crippen LogP contribution in [-0.2, 0) is 13.9 Å². The summed E-state index contributed by atoms with van der Waals surface area (Å²) in [5, 5.41) is 5.45. The smallest absolute Gasteiger partial charge is 0.435 e. The number of fused-ring (bicyclic) bond motifs is 1. The van der Waals surface area contributed by atoms with E-state index in [0.717, 1.165) is 34.8 Å². The van der Waals surface area contributed by atoms with E-state index in [9.17, 15) is 9.59 Å². The van der Waals surface area contributed by atoms with Crippen LogP contribution in [0.25, 0.3) is 10.9 Å². The molecule has 1 heterocycles. The Bertz CT molecular complexity index is 1500. The molecule has 0 aliphatic rings. The maximum absolute atomic E-state index is 13.6. The van der Waals surface area contributed by atoms with Crippen LogP contribution in [0.2, 0.25) is 18.1 Å². The minimum absolute atomic E-state index is 0.0976. The number of hydrogen-bond acceptors (Lipinski definition) is 8. The Morgan fingerprint density at radius 2 is 1.57 bits per heavy atom. The molecule has 1 amide bonds. The first-order chi connectivity index (χ1) is 21.9. The highest BCUT2D eigenvalue weighted by Gasteiger charge is 2.35. The van der Waals surface area contributed by atoms with Crippen molar-refractivity contribution in [3.05, 3.63) is 53.7 Å². The topological polar surface area (TPSA) is 118 Å². The fourth-order valence-electron chi connectivity index (χ4n) is 5.41. The average molecular weight is 669 g/mol. The second-order valence-electron chi connectivity index (χ2n) is 14.4. The van der Waals surface area contributed by atoms with E-state index in [4.69, 9.17) is 24.4 Å². The number of nitrogens with two attached hydrogens (primary N) is 1. The van der Waals surface area contributed by atoms with Gasteiger partial charge in [0.2, 0.25) is 0 Å². The molecule has 11 heteroatoms. The third kappa shape index (κ3) is 10.5. The Labute approximate surface area is 282 Å². The van der Waals surface area contributed by atoms with Crippen LogP contribution in [0.15, 0.2) is 42.5 Å². The summed E-state index contributed by atoms with van der Waals surface area (Å²) in [6.07, 6.45) is -1.39. The lowest BCUT2D eigenvalue weighted by Gasteiger charge is -2.36. The zero-order valence-corrected chi connectivity index (χ0v) is 31.3. The van der Waals surface area contributed by atoms with E-state index in [-0.39, 0.29) is 31.7 Å². The van der Waals surface area contributed by atoms with E-state index in [1.54, 1.807) is 11.0 Å². The number of ether oxygens (including phenoxy) is 3. The third-order valence-electron chi connectivity index (χ3n) is 8.07. The van der Waals surface area contributed by atoms with Crippen molar-refractivity contribution in [1.82, 2.24) is 14.7 Å². The summed E-state index contributed by atoms with van der Waals surface area (Å²) < 4.78 is 26.0. The molecule has 260 valence electrons. The van der Waals surface area contributed by atoms with Crippen LogP contribution >= 0.6 is 0 Å². The van der Waals surface area contributed by atoms with Gasteiger partial charge in [-0.25, -0.2) is 9.59 Å². The van der Waals surface area contributed by atoms with Crippen molar-refractivity contribution in [3.8, 4) is 5.75 Å². The van der Waals surface area contributed by atoms with Crippen molar-refractivity contribution in [2.45, 2.75) is 118 Å². The van der Waals surface area contributed by atoms with Gasteiger partial charge in [-0.15, -0.1) is 0 Å². The van der Waals surface area contributed by atoms with Crippen molar-refractivity contribution < 1.29 is 28.2 Å². The summed E-state index contributed by atoms with van der Waals surface area (Å²) in [4.78, 5) is 28.3. The van der Waals surface area contributed by atoms with Crippen molar-refractivity contribution in [2.75, 3.05) is 25.4 Å². The van der Waals surface area contributed by atoms with Gasteiger partial charge in [-0.05, 0) is 95.4 Å². The van der Waals surface area contributed by atoms with Crippen LogP contribution in [0.5, 0.6) is 5.75 Å². The van der Waals surface area contributed by atoms with Crippen molar-refractivity contribution in [1.29, 1.82) is 0 Å². The van der Waals surface area contributed by atoms with Crippen molar-refractivity contribution in [3.63, 3.8) is 0 Å². The number of carbonyl (C=O) groups is 2. The number of nitrogen functional groups attached to an aromatic ring is 1. The second kappa shape index (κ2) is 15.6. The number of anilines is 1. The lowest BCUT2D eigenvalue weighted by molar-refractivity contribution is 0.0131. The molecule has 1 aromatic heterocycles. The first-order valence-corrected chi connectivity index (χ1v) is 19.3. The van der Waals surface area contributed by atoms with E-state index >= 15 is 0 Å². The van der Waals surface area contributed by atoms with Crippen molar-refractivity contribution in [2.24, 2.45) is 0 Å². The number of amides is 1. The molecule has 10 nitrogen and oxygen atoms in total. The molecule has 2 N–H and O–H groups in total. The highest BCUT2D eigenvalue weighted by atomic mass is 28.4. The van der Waals surface area contributed by atoms with Crippen LogP contribution in [0, 0.1) is 0 Å². The summed E-state index contributed by atoms with van der Waals surface area (Å²) in [6, 6.07) is 16.1. The quantitative estimate of drug-likeness (QED) is 0.142. The third-order valence-corrected chi connectivity index (χ3v) is 12.7. The van der Waals surface area contributed by atoms with E-state index in [0.29, 0.717) is 17.0 Å². The first kappa shape index (κ1) is 37.9. The van der Waals surface area contributed by atoms with Gasteiger partial charge in [0.1, 0.15) is 23.6 Å². The Hall–Kier alpha value is -3.57. The minimum Gasteiger partial charge on any atom is -0.492 e. The summed E-state index contributed by atoms with van der Waals surface area (Å²) in [5.41, 5.74) is 7.79. The molecule has 0 unspecified atom stereocenters. The maximum atomic E-state index is 13.6. The van der Waals surface area contributed by atoms with Crippen LogP contribution < -0.4 is 10.5 Å². The van der Waals surface area contributed by atoms with Gasteiger partial charge in [0, 0.05) is 17.1 Å². The summed E-state index contributed by atoms with van der Waals surface area (Å²) >= 11 is 0. The zero-order chi connectivity index (χ0) is 35.2. The van der Waals surface area contributed by atoms with Gasteiger partial charge in [-0.1, -0.05) is 46.8 Å². The van der Waals surface area contributed by atoms with Gasteiger partial charge in [0.05, 0.1) is 30.4 Å². The first-order valence-electron chi connectivity index (χ1n) is 16.8. The molecule has 0 aliphatic heterocycles. The number of hydrogen-bond donors (Lipinski definition) is 1. The highest BCUT2D eigenvalue weighted by Crippen LogP contribution is 2.32. The predicted octanol–water partition coefficient (Wildman–Crippen LogP) is 8.90. The van der Waals surface area contributed by atoms with Gasteiger partial charge < -0.3 is 29.3 Å². The molecule has 0 fully saturated rings. The molecular formula is C36H56N4O6Si. The number of nitrogens with zero attached hydrogens (tertiary/aromatic N) is 3. The molecule has 3 aromatic rings. The van der Waals surface area contributed by atoms with Crippen LogP contribution in [0.4, 0.5) is 15.3 Å². The molecule has 0 aliphatic carbocycles. The Morgan fingerprint density at radius 3 is 2.13 bits per heavy atom. The largest absolute Gasteiger partial charge is 0.492 e.